The molecule has 0 unspecified atom stereocenters. The van der Waals surface area contributed by atoms with E-state index >= 15 is 0 Å². The number of nitrogens with zero attached hydrogens (tertiary/aromatic N) is 1. The molecule has 3 rings (SSSR count). The van der Waals surface area contributed by atoms with Crippen LogP contribution >= 0.6 is 0 Å². The highest BCUT2D eigenvalue weighted by Gasteiger charge is 2.26. The summed E-state index contributed by atoms with van der Waals surface area (Å²) in [5.74, 6) is 0.677. The molecular formula is C13H14N4O. The first-order valence-electron chi connectivity index (χ1n) is 5.92. The Labute approximate surface area is 105 Å². The van der Waals surface area contributed by atoms with Gasteiger partial charge >= 0.3 is 0 Å². The largest absolute Gasteiger partial charge is 0.336 e. The molecule has 18 heavy (non-hydrogen) atoms. The van der Waals surface area contributed by atoms with Crippen molar-refractivity contribution in [2.45, 2.75) is 19.8 Å². The number of benzene rings is 1. The fraction of sp³-hybridized carbons (Fsp3) is 0.231. The minimum absolute atomic E-state index is 0.125. The number of carbonyl (C=O) groups excluding carboxylic acids is 1. The van der Waals surface area contributed by atoms with Gasteiger partial charge < -0.3 is 10.6 Å². The molecule has 0 fully saturated rings. The molecule has 0 atom stereocenters. The Kier molecular flexibility index (Phi) is 2.33. The van der Waals surface area contributed by atoms with Gasteiger partial charge in [-0.05, 0) is 18.1 Å². The Morgan fingerprint density at radius 2 is 1.78 bits per heavy atom. The van der Waals surface area contributed by atoms with Gasteiger partial charge in [0, 0.05) is 0 Å². The maximum atomic E-state index is 12.2. The molecular weight excluding hydrogens is 228 g/mol. The van der Waals surface area contributed by atoms with Crippen molar-refractivity contribution in [3.05, 3.63) is 35.5 Å². The SMILES string of the molecule is CC(C)c1[nH]nc2c1C(=O)Nc1ccccc1N2. The zero-order valence-electron chi connectivity index (χ0n) is 10.2. The molecule has 1 aromatic carbocycles. The van der Waals surface area contributed by atoms with E-state index in [2.05, 4.69) is 20.8 Å². The van der Waals surface area contributed by atoms with Crippen LogP contribution in [0.15, 0.2) is 24.3 Å². The van der Waals surface area contributed by atoms with Gasteiger partial charge in [0.05, 0.1) is 17.1 Å². The number of amides is 1. The number of hydrogen-bond donors (Lipinski definition) is 3. The second-order valence-electron chi connectivity index (χ2n) is 4.64. The van der Waals surface area contributed by atoms with Crippen molar-refractivity contribution in [3.63, 3.8) is 0 Å². The van der Waals surface area contributed by atoms with Crippen LogP contribution in [0.5, 0.6) is 0 Å². The average molecular weight is 242 g/mol. The van der Waals surface area contributed by atoms with Gasteiger partial charge in [-0.15, -0.1) is 0 Å². The van der Waals surface area contributed by atoms with E-state index < -0.39 is 0 Å². The van der Waals surface area contributed by atoms with Crippen molar-refractivity contribution in [3.8, 4) is 0 Å². The molecule has 0 saturated heterocycles. The highest BCUT2D eigenvalue weighted by molar-refractivity contribution is 6.12. The fourth-order valence-corrected chi connectivity index (χ4v) is 2.11. The van der Waals surface area contributed by atoms with Crippen LogP contribution in [0.4, 0.5) is 17.2 Å². The Morgan fingerprint density at radius 1 is 1.11 bits per heavy atom. The number of aromatic nitrogens is 2. The van der Waals surface area contributed by atoms with Crippen LogP contribution in [0.1, 0.15) is 35.8 Å². The molecule has 2 heterocycles. The minimum atomic E-state index is -0.125. The van der Waals surface area contributed by atoms with Crippen LogP contribution in [-0.4, -0.2) is 16.1 Å². The molecule has 1 aliphatic rings. The molecule has 0 radical (unpaired) electrons. The standard InChI is InChI=1S/C13H14N4O/c1-7(2)11-10-12(17-16-11)14-8-5-3-4-6-9(8)15-13(10)18/h3-7H,1-2H3,(H,15,18)(H2,14,16,17). The lowest BCUT2D eigenvalue weighted by Crippen LogP contribution is -2.12. The Bertz CT molecular complexity index is 615. The van der Waals surface area contributed by atoms with Crippen LogP contribution in [0.25, 0.3) is 0 Å². The van der Waals surface area contributed by atoms with Gasteiger partial charge in [0.1, 0.15) is 5.56 Å². The summed E-state index contributed by atoms with van der Waals surface area (Å²) in [7, 11) is 0. The monoisotopic (exact) mass is 242 g/mol. The number of nitrogens with one attached hydrogen (secondary N) is 3. The maximum absolute atomic E-state index is 12.2. The van der Waals surface area contributed by atoms with E-state index in [0.29, 0.717) is 11.4 Å². The molecule has 0 spiro atoms. The summed E-state index contributed by atoms with van der Waals surface area (Å²) in [6.07, 6.45) is 0. The molecule has 0 bridgehead atoms. The first-order valence-corrected chi connectivity index (χ1v) is 5.92. The topological polar surface area (TPSA) is 69.8 Å². The maximum Gasteiger partial charge on any atom is 0.261 e. The first-order chi connectivity index (χ1) is 8.66. The summed E-state index contributed by atoms with van der Waals surface area (Å²) in [4.78, 5) is 12.2. The second-order valence-corrected chi connectivity index (χ2v) is 4.64. The van der Waals surface area contributed by atoms with Crippen molar-refractivity contribution in [1.29, 1.82) is 0 Å². The number of hydrogen-bond acceptors (Lipinski definition) is 3. The summed E-state index contributed by atoms with van der Waals surface area (Å²) in [5, 5.41) is 13.2. The number of aromatic amines is 1. The highest BCUT2D eigenvalue weighted by atomic mass is 16.1. The van der Waals surface area contributed by atoms with Gasteiger partial charge in [-0.25, -0.2) is 0 Å². The van der Waals surface area contributed by atoms with E-state index in [0.717, 1.165) is 17.1 Å². The number of fused-ring (bicyclic) bond motifs is 2. The third-order valence-electron chi connectivity index (χ3n) is 3.03. The normalized spacial score (nSPS) is 13.4. The van der Waals surface area contributed by atoms with Gasteiger partial charge in [-0.2, -0.15) is 5.10 Å². The van der Waals surface area contributed by atoms with Crippen molar-refractivity contribution in [2.24, 2.45) is 0 Å². The van der Waals surface area contributed by atoms with Gasteiger partial charge in [-0.1, -0.05) is 26.0 Å². The highest BCUT2D eigenvalue weighted by Crippen LogP contribution is 2.33. The van der Waals surface area contributed by atoms with E-state index in [1.807, 2.05) is 38.1 Å². The van der Waals surface area contributed by atoms with Crippen LogP contribution in [0.3, 0.4) is 0 Å². The van der Waals surface area contributed by atoms with Crippen LogP contribution in [0, 0.1) is 0 Å². The van der Waals surface area contributed by atoms with Crippen LogP contribution < -0.4 is 10.6 Å². The number of para-hydroxylation sites is 2. The Morgan fingerprint density at radius 3 is 2.44 bits per heavy atom. The lowest BCUT2D eigenvalue weighted by atomic mass is 10.1. The van der Waals surface area contributed by atoms with Gasteiger partial charge in [0.15, 0.2) is 5.82 Å². The predicted molar refractivity (Wildman–Crippen MR) is 70.4 cm³/mol. The first kappa shape index (κ1) is 10.8. The third kappa shape index (κ3) is 1.55. The summed E-state index contributed by atoms with van der Waals surface area (Å²) in [6.45, 7) is 4.05. The third-order valence-corrected chi connectivity index (χ3v) is 3.03. The van der Waals surface area contributed by atoms with Crippen LogP contribution in [0.2, 0.25) is 0 Å². The van der Waals surface area contributed by atoms with E-state index in [4.69, 9.17) is 0 Å². The molecule has 5 heteroatoms. The lowest BCUT2D eigenvalue weighted by Gasteiger charge is -2.06. The van der Waals surface area contributed by atoms with E-state index in [-0.39, 0.29) is 11.8 Å². The molecule has 5 nitrogen and oxygen atoms in total. The molecule has 0 saturated carbocycles. The zero-order valence-corrected chi connectivity index (χ0v) is 10.2. The fourth-order valence-electron chi connectivity index (χ4n) is 2.11. The van der Waals surface area contributed by atoms with Gasteiger partial charge in [-0.3, -0.25) is 9.89 Å². The summed E-state index contributed by atoms with van der Waals surface area (Å²) < 4.78 is 0. The molecule has 2 aromatic rings. The van der Waals surface area contributed by atoms with Crippen molar-refractivity contribution < 1.29 is 4.79 Å². The number of rotatable bonds is 1. The van der Waals surface area contributed by atoms with Crippen molar-refractivity contribution in [2.75, 3.05) is 10.6 Å². The van der Waals surface area contributed by atoms with Gasteiger partial charge in [0.2, 0.25) is 0 Å². The van der Waals surface area contributed by atoms with Gasteiger partial charge in [0.25, 0.3) is 5.91 Å². The minimum Gasteiger partial charge on any atom is -0.336 e. The van der Waals surface area contributed by atoms with E-state index in [1.165, 1.54) is 0 Å². The number of H-pyrrole nitrogens is 1. The average Bonchev–Trinajstić information content (AvgIpc) is 2.70. The number of carbonyl (C=O) groups is 1. The van der Waals surface area contributed by atoms with Crippen LogP contribution in [-0.2, 0) is 0 Å². The summed E-state index contributed by atoms with van der Waals surface area (Å²) in [6, 6.07) is 7.58. The molecule has 92 valence electrons. The molecule has 1 aromatic heterocycles. The Hall–Kier alpha value is -2.30. The number of anilines is 3. The molecule has 1 amide bonds. The zero-order chi connectivity index (χ0) is 12.7. The van der Waals surface area contributed by atoms with Crippen molar-refractivity contribution in [1.82, 2.24) is 10.2 Å². The molecule has 1 aliphatic heterocycles. The van der Waals surface area contributed by atoms with Crippen molar-refractivity contribution >= 4 is 23.1 Å². The summed E-state index contributed by atoms with van der Waals surface area (Å²) >= 11 is 0. The lowest BCUT2D eigenvalue weighted by molar-refractivity contribution is 0.102. The van der Waals surface area contributed by atoms with E-state index in [9.17, 15) is 4.79 Å². The summed E-state index contributed by atoms with van der Waals surface area (Å²) in [5.41, 5.74) is 3.07. The molecule has 3 N–H and O–H groups in total. The predicted octanol–water partition coefficient (Wildman–Crippen LogP) is 2.84. The smallest absolute Gasteiger partial charge is 0.261 e. The van der Waals surface area contributed by atoms with E-state index in [1.54, 1.807) is 0 Å². The second kappa shape index (κ2) is 3.87. The molecule has 0 aliphatic carbocycles. The quantitative estimate of drug-likeness (QED) is 0.720. The Balaban J connectivity index is 2.14.